The molecule has 0 aromatic carbocycles. The van der Waals surface area contributed by atoms with E-state index in [1.807, 2.05) is 73.7 Å². The van der Waals surface area contributed by atoms with Crippen molar-refractivity contribution in [3.05, 3.63) is 96.7 Å². The van der Waals surface area contributed by atoms with Gasteiger partial charge >= 0.3 is 0 Å². The minimum Gasteiger partial charge on any atom is -0.364 e. The van der Waals surface area contributed by atoms with Crippen LogP contribution in [0.5, 0.6) is 0 Å². The van der Waals surface area contributed by atoms with Crippen LogP contribution in [0.4, 0.5) is 5.82 Å². The number of imidazole rings is 2. The summed E-state index contributed by atoms with van der Waals surface area (Å²) in [4.78, 5) is 12.7. The number of hydrogen-bond acceptors (Lipinski definition) is 8. The Bertz CT molecular complexity index is 1860. The second-order valence-electron chi connectivity index (χ2n) is 8.72. The largest absolute Gasteiger partial charge is 0.364 e. The lowest BCUT2D eigenvalue weighted by molar-refractivity contribution is 0.767. The van der Waals surface area contributed by atoms with Gasteiger partial charge in [0.15, 0.2) is 11.3 Å². The van der Waals surface area contributed by atoms with Crippen LogP contribution in [0, 0.1) is 0 Å². The lowest BCUT2D eigenvalue weighted by Crippen LogP contribution is -2.04. The number of halogens is 1. The van der Waals surface area contributed by atoms with Gasteiger partial charge in [-0.3, -0.25) is 14.3 Å². The molecule has 0 saturated heterocycles. The van der Waals surface area contributed by atoms with Gasteiger partial charge < -0.3 is 5.32 Å². The van der Waals surface area contributed by atoms with Crippen molar-refractivity contribution < 1.29 is 0 Å². The van der Waals surface area contributed by atoms with Gasteiger partial charge in [0.2, 0.25) is 0 Å². The molecule has 194 valence electrons. The van der Waals surface area contributed by atoms with Crippen molar-refractivity contribution in [2.24, 2.45) is 14.1 Å². The van der Waals surface area contributed by atoms with E-state index in [-0.39, 0.29) is 0 Å². The molecule has 0 aliphatic rings. The predicted molar refractivity (Wildman–Crippen MR) is 147 cm³/mol. The van der Waals surface area contributed by atoms with Gasteiger partial charge in [0.1, 0.15) is 11.0 Å². The first kappa shape index (κ1) is 24.2. The maximum Gasteiger partial charge on any atom is 0.154 e. The van der Waals surface area contributed by atoms with Crippen molar-refractivity contribution in [2.75, 3.05) is 5.32 Å². The molecule has 7 rings (SSSR count). The van der Waals surface area contributed by atoms with Gasteiger partial charge in [-0.05, 0) is 35.9 Å². The summed E-state index contributed by atoms with van der Waals surface area (Å²) in [6.07, 6.45) is 14.6. The van der Waals surface area contributed by atoms with Crippen molar-refractivity contribution in [3.63, 3.8) is 0 Å². The third-order valence-electron chi connectivity index (χ3n) is 5.89. The molecule has 7 aromatic heterocycles. The number of aryl methyl sites for hydroxylation is 2. The van der Waals surface area contributed by atoms with Crippen LogP contribution in [0.3, 0.4) is 0 Å². The average molecular weight is 539 g/mol. The highest BCUT2D eigenvalue weighted by Crippen LogP contribution is 2.21. The van der Waals surface area contributed by atoms with Crippen LogP contribution in [0.25, 0.3) is 33.8 Å². The van der Waals surface area contributed by atoms with Crippen LogP contribution in [0.1, 0.15) is 5.56 Å². The summed E-state index contributed by atoms with van der Waals surface area (Å²) in [5, 5.41) is 20.9. The highest BCUT2D eigenvalue weighted by atomic mass is 35.5. The molecule has 0 aliphatic carbocycles. The van der Waals surface area contributed by atoms with Crippen LogP contribution in [-0.2, 0) is 20.6 Å². The Morgan fingerprint density at radius 3 is 1.97 bits per heavy atom. The number of hydrogen-bond donors (Lipinski definition) is 1. The molecule has 12 nitrogen and oxygen atoms in total. The van der Waals surface area contributed by atoms with E-state index in [9.17, 15) is 0 Å². The van der Waals surface area contributed by atoms with Gasteiger partial charge in [-0.2, -0.15) is 15.3 Å². The zero-order valence-electron chi connectivity index (χ0n) is 21.1. The fourth-order valence-corrected chi connectivity index (χ4v) is 4.15. The van der Waals surface area contributed by atoms with Gasteiger partial charge in [-0.1, -0.05) is 17.7 Å². The monoisotopic (exact) mass is 538 g/mol. The summed E-state index contributed by atoms with van der Waals surface area (Å²) in [6, 6.07) is 11.4. The van der Waals surface area contributed by atoms with E-state index in [2.05, 4.69) is 40.7 Å². The Morgan fingerprint density at radius 2 is 1.38 bits per heavy atom. The SMILES string of the molecule is Cn1cc(-c2cnc3ccc(Cl)nn23)cn1.Cn1cc(-c2cnc3ccc(NCc4cccnc4)nn23)cn1. The molecule has 39 heavy (non-hydrogen) atoms. The molecule has 0 radical (unpaired) electrons. The van der Waals surface area contributed by atoms with Crippen molar-refractivity contribution >= 4 is 28.7 Å². The van der Waals surface area contributed by atoms with Crippen LogP contribution in [-0.4, -0.2) is 53.7 Å². The normalized spacial score (nSPS) is 11.1. The summed E-state index contributed by atoms with van der Waals surface area (Å²) < 4.78 is 7.03. The summed E-state index contributed by atoms with van der Waals surface area (Å²) >= 11 is 5.86. The van der Waals surface area contributed by atoms with Crippen molar-refractivity contribution in [1.82, 2.24) is 53.7 Å². The van der Waals surface area contributed by atoms with E-state index in [4.69, 9.17) is 11.6 Å². The van der Waals surface area contributed by atoms with E-state index in [1.165, 1.54) is 0 Å². The van der Waals surface area contributed by atoms with E-state index in [0.717, 1.165) is 45.2 Å². The molecule has 0 spiro atoms. The van der Waals surface area contributed by atoms with Crippen LogP contribution < -0.4 is 5.32 Å². The second kappa shape index (κ2) is 10.3. The lowest BCUT2D eigenvalue weighted by Gasteiger charge is -2.06. The third kappa shape index (κ3) is 5.18. The standard InChI is InChI=1S/C16H15N7.C10H8ClN5/c1-22-11-13(9-20-22)14-10-19-16-5-4-15(21-23(14)16)18-8-12-3-2-6-17-7-12;1-15-6-7(4-13-15)8-5-12-10-3-2-9(11)14-16(8)10/h2-7,9-11H,8H2,1H3,(H,18,21);2-6H,1H3. The Kier molecular flexibility index (Phi) is 6.43. The fourth-order valence-electron chi connectivity index (χ4n) is 4.01. The second-order valence-corrected chi connectivity index (χ2v) is 9.11. The number of aromatic nitrogens is 11. The predicted octanol–water partition coefficient (Wildman–Crippen LogP) is 3.92. The molecule has 13 heteroatoms. The molecule has 0 unspecified atom stereocenters. The van der Waals surface area contributed by atoms with Crippen LogP contribution >= 0.6 is 11.6 Å². The highest BCUT2D eigenvalue weighted by Gasteiger charge is 2.10. The van der Waals surface area contributed by atoms with E-state index >= 15 is 0 Å². The highest BCUT2D eigenvalue weighted by molar-refractivity contribution is 6.29. The molecule has 0 saturated carbocycles. The summed E-state index contributed by atoms with van der Waals surface area (Å²) in [7, 11) is 3.76. The minimum absolute atomic E-state index is 0.440. The lowest BCUT2D eigenvalue weighted by atomic mass is 10.3. The number of rotatable bonds is 5. The Hall–Kier alpha value is -5.10. The van der Waals surface area contributed by atoms with Gasteiger partial charge in [0, 0.05) is 56.6 Å². The van der Waals surface area contributed by atoms with Crippen LogP contribution in [0.2, 0.25) is 5.15 Å². The Balaban J connectivity index is 0.000000151. The maximum atomic E-state index is 5.86. The number of anilines is 1. The number of nitrogens with one attached hydrogen (secondary N) is 1. The molecule has 7 aromatic rings. The van der Waals surface area contributed by atoms with Gasteiger partial charge in [0.05, 0.1) is 36.2 Å². The van der Waals surface area contributed by atoms with E-state index in [1.54, 1.807) is 44.7 Å². The molecule has 0 aliphatic heterocycles. The first-order valence-electron chi connectivity index (χ1n) is 12.0. The Labute approximate surface area is 227 Å². The number of nitrogens with zero attached hydrogens (tertiary/aromatic N) is 11. The molecule has 0 amide bonds. The quantitative estimate of drug-likeness (QED) is 0.350. The number of fused-ring (bicyclic) bond motifs is 2. The first-order valence-corrected chi connectivity index (χ1v) is 12.4. The van der Waals surface area contributed by atoms with Gasteiger partial charge in [0.25, 0.3) is 0 Å². The van der Waals surface area contributed by atoms with E-state index < -0.39 is 0 Å². The van der Waals surface area contributed by atoms with Gasteiger partial charge in [-0.25, -0.2) is 19.0 Å². The molecular weight excluding hydrogens is 516 g/mol. The molecular formula is C26H23ClN12. The summed E-state index contributed by atoms with van der Waals surface area (Å²) in [5.74, 6) is 0.782. The maximum absolute atomic E-state index is 5.86. The van der Waals surface area contributed by atoms with E-state index in [0.29, 0.717) is 11.7 Å². The molecule has 7 heterocycles. The smallest absolute Gasteiger partial charge is 0.154 e. The minimum atomic E-state index is 0.440. The van der Waals surface area contributed by atoms with Crippen molar-refractivity contribution in [2.45, 2.75) is 6.54 Å². The topological polar surface area (TPSA) is 121 Å². The van der Waals surface area contributed by atoms with Gasteiger partial charge in [-0.15, -0.1) is 5.10 Å². The zero-order valence-corrected chi connectivity index (χ0v) is 21.8. The summed E-state index contributed by atoms with van der Waals surface area (Å²) in [5.41, 5.74) is 6.41. The molecule has 0 atom stereocenters. The number of pyridine rings is 1. The Morgan fingerprint density at radius 1 is 0.744 bits per heavy atom. The van der Waals surface area contributed by atoms with Crippen molar-refractivity contribution in [1.29, 1.82) is 0 Å². The fraction of sp³-hybridized carbons (Fsp3) is 0.115. The molecule has 0 fully saturated rings. The zero-order chi connectivity index (χ0) is 26.8. The third-order valence-corrected chi connectivity index (χ3v) is 6.09. The van der Waals surface area contributed by atoms with Crippen molar-refractivity contribution in [3.8, 4) is 22.5 Å². The van der Waals surface area contributed by atoms with Crippen LogP contribution in [0.15, 0.2) is 86.0 Å². The molecule has 1 N–H and O–H groups in total. The molecule has 0 bridgehead atoms. The summed E-state index contributed by atoms with van der Waals surface area (Å²) in [6.45, 7) is 0.670. The first-order chi connectivity index (χ1) is 19.0. The average Bonchev–Trinajstić information content (AvgIpc) is 3.75.